The molecule has 0 aromatic rings. The van der Waals surface area contributed by atoms with Gasteiger partial charge in [0.2, 0.25) is 0 Å². The van der Waals surface area contributed by atoms with Crippen molar-refractivity contribution < 1.29 is 9.53 Å². The molecular formula is C6H6O2. The van der Waals surface area contributed by atoms with Crippen LogP contribution < -0.4 is 0 Å². The van der Waals surface area contributed by atoms with Gasteiger partial charge in [-0.3, -0.25) is 4.79 Å². The lowest BCUT2D eigenvalue weighted by Gasteiger charge is -2.00. The van der Waals surface area contributed by atoms with E-state index in [2.05, 4.69) is 10.7 Å². The average molecular weight is 110 g/mol. The molecule has 0 aromatic heterocycles. The van der Waals surface area contributed by atoms with E-state index in [0.29, 0.717) is 6.47 Å². The van der Waals surface area contributed by atoms with E-state index in [1.165, 1.54) is 0 Å². The minimum atomic E-state index is -0.498. The fourth-order valence-electron chi connectivity index (χ4n) is 0.502. The summed E-state index contributed by atoms with van der Waals surface area (Å²) < 4.78 is 4.57. The maximum atomic E-state index is 9.70. The fourth-order valence-corrected chi connectivity index (χ4v) is 0.502. The van der Waals surface area contributed by atoms with E-state index in [1.54, 1.807) is 0 Å². The molecule has 1 fully saturated rings. The van der Waals surface area contributed by atoms with Gasteiger partial charge in [0.15, 0.2) is 5.60 Å². The van der Waals surface area contributed by atoms with Crippen molar-refractivity contribution in [1.82, 2.24) is 0 Å². The highest BCUT2D eigenvalue weighted by atomic mass is 16.5. The molecule has 0 unspecified atom stereocenters. The van der Waals surface area contributed by atoms with E-state index >= 15 is 0 Å². The predicted octanol–water partition coefficient (Wildman–Crippen LogP) is 0.325. The number of terminal acetylenes is 1. The normalized spacial score (nSPS) is 20.9. The van der Waals surface area contributed by atoms with Gasteiger partial charge in [0.1, 0.15) is 0 Å². The summed E-state index contributed by atoms with van der Waals surface area (Å²) in [6, 6.07) is 0. The van der Waals surface area contributed by atoms with E-state index in [0.717, 1.165) is 12.8 Å². The van der Waals surface area contributed by atoms with E-state index in [1.807, 2.05) is 0 Å². The van der Waals surface area contributed by atoms with Crippen molar-refractivity contribution in [2.75, 3.05) is 0 Å². The van der Waals surface area contributed by atoms with Gasteiger partial charge in [-0.05, 0) is 0 Å². The molecule has 0 atom stereocenters. The van der Waals surface area contributed by atoms with Crippen molar-refractivity contribution in [3.8, 4) is 12.3 Å². The van der Waals surface area contributed by atoms with Crippen LogP contribution >= 0.6 is 0 Å². The molecule has 1 aliphatic rings. The summed E-state index contributed by atoms with van der Waals surface area (Å²) in [4.78, 5) is 9.70. The topological polar surface area (TPSA) is 26.3 Å². The monoisotopic (exact) mass is 110 g/mol. The van der Waals surface area contributed by atoms with Gasteiger partial charge in [0.25, 0.3) is 6.47 Å². The van der Waals surface area contributed by atoms with Crippen LogP contribution in [0.1, 0.15) is 12.8 Å². The lowest BCUT2D eigenvalue weighted by atomic mass is 10.4. The molecule has 0 bridgehead atoms. The third-order valence-corrected chi connectivity index (χ3v) is 1.24. The van der Waals surface area contributed by atoms with Gasteiger partial charge in [-0.25, -0.2) is 0 Å². The van der Waals surface area contributed by atoms with Gasteiger partial charge in [-0.1, -0.05) is 5.92 Å². The van der Waals surface area contributed by atoms with Crippen molar-refractivity contribution >= 4 is 6.47 Å². The Morgan fingerprint density at radius 2 is 2.38 bits per heavy atom. The molecule has 0 saturated heterocycles. The molecule has 1 aliphatic carbocycles. The Morgan fingerprint density at radius 3 is 2.50 bits per heavy atom. The Morgan fingerprint density at radius 1 is 1.75 bits per heavy atom. The van der Waals surface area contributed by atoms with Gasteiger partial charge >= 0.3 is 0 Å². The van der Waals surface area contributed by atoms with Gasteiger partial charge in [0.05, 0.1) is 0 Å². The SMILES string of the molecule is C#CC1(OC=O)CC1. The van der Waals surface area contributed by atoms with Crippen molar-refractivity contribution in [3.05, 3.63) is 0 Å². The van der Waals surface area contributed by atoms with Crippen LogP contribution in [0.3, 0.4) is 0 Å². The average Bonchev–Trinajstić information content (AvgIpc) is 2.50. The summed E-state index contributed by atoms with van der Waals surface area (Å²) in [5.41, 5.74) is -0.498. The molecule has 42 valence electrons. The van der Waals surface area contributed by atoms with Gasteiger partial charge in [-0.2, -0.15) is 0 Å². The van der Waals surface area contributed by atoms with E-state index in [-0.39, 0.29) is 0 Å². The van der Waals surface area contributed by atoms with Crippen LogP contribution in [-0.4, -0.2) is 12.1 Å². The van der Waals surface area contributed by atoms with Crippen LogP contribution in [0.15, 0.2) is 0 Å². The molecule has 0 heterocycles. The highest BCUT2D eigenvalue weighted by molar-refractivity contribution is 5.42. The number of ether oxygens (including phenoxy) is 1. The molecule has 2 nitrogen and oxygen atoms in total. The molecule has 0 aliphatic heterocycles. The Bertz CT molecular complexity index is 139. The van der Waals surface area contributed by atoms with Gasteiger partial charge in [-0.15, -0.1) is 6.42 Å². The molecule has 0 radical (unpaired) electrons. The second-order valence-electron chi connectivity index (χ2n) is 1.85. The molecule has 8 heavy (non-hydrogen) atoms. The number of hydrogen-bond acceptors (Lipinski definition) is 2. The highest BCUT2D eigenvalue weighted by Crippen LogP contribution is 2.37. The minimum Gasteiger partial charge on any atom is -0.448 e. The molecule has 0 N–H and O–H groups in total. The summed E-state index contributed by atoms with van der Waals surface area (Å²) >= 11 is 0. The number of hydrogen-bond donors (Lipinski definition) is 0. The molecule has 2 heteroatoms. The Kier molecular flexibility index (Phi) is 0.980. The van der Waals surface area contributed by atoms with Crippen LogP contribution in [0, 0.1) is 12.3 Å². The zero-order chi connectivity index (χ0) is 6.04. The second kappa shape index (κ2) is 1.52. The first kappa shape index (κ1) is 5.17. The summed E-state index contributed by atoms with van der Waals surface area (Å²) in [5, 5.41) is 0. The van der Waals surface area contributed by atoms with Gasteiger partial charge in [0, 0.05) is 12.8 Å². The van der Waals surface area contributed by atoms with Crippen LogP contribution in [0.4, 0.5) is 0 Å². The smallest absolute Gasteiger partial charge is 0.294 e. The first-order chi connectivity index (χ1) is 3.83. The van der Waals surface area contributed by atoms with Crippen LogP contribution in [-0.2, 0) is 9.53 Å². The van der Waals surface area contributed by atoms with Gasteiger partial charge < -0.3 is 4.74 Å². The third kappa shape index (κ3) is 0.671. The maximum absolute atomic E-state index is 9.70. The standard InChI is InChI=1S/C6H6O2/c1-2-6(3-4-6)8-5-7/h1,5H,3-4H2. The lowest BCUT2D eigenvalue weighted by molar-refractivity contribution is -0.132. The first-order valence-corrected chi connectivity index (χ1v) is 2.42. The molecule has 0 spiro atoms. The number of carbonyl (C=O) groups excluding carboxylic acids is 1. The second-order valence-corrected chi connectivity index (χ2v) is 1.85. The largest absolute Gasteiger partial charge is 0.448 e. The van der Waals surface area contributed by atoms with E-state index in [9.17, 15) is 4.79 Å². The summed E-state index contributed by atoms with van der Waals surface area (Å²) in [6.45, 7) is 0.410. The van der Waals surface area contributed by atoms with Crippen molar-refractivity contribution in [2.24, 2.45) is 0 Å². The molecule has 1 rings (SSSR count). The summed E-state index contributed by atoms with van der Waals surface area (Å²) in [7, 11) is 0. The minimum absolute atomic E-state index is 0.410. The highest BCUT2D eigenvalue weighted by Gasteiger charge is 2.43. The predicted molar refractivity (Wildman–Crippen MR) is 27.9 cm³/mol. The molecule has 0 amide bonds. The van der Waals surface area contributed by atoms with Crippen molar-refractivity contribution in [1.29, 1.82) is 0 Å². The van der Waals surface area contributed by atoms with Crippen LogP contribution in [0.5, 0.6) is 0 Å². The number of rotatable bonds is 2. The molecular weight excluding hydrogens is 104 g/mol. The third-order valence-electron chi connectivity index (χ3n) is 1.24. The first-order valence-electron chi connectivity index (χ1n) is 2.42. The zero-order valence-electron chi connectivity index (χ0n) is 4.39. The van der Waals surface area contributed by atoms with E-state index in [4.69, 9.17) is 6.42 Å². The Balaban J connectivity index is 2.44. The summed E-state index contributed by atoms with van der Waals surface area (Å²) in [5.74, 6) is 2.40. The molecule has 0 aromatic carbocycles. The van der Waals surface area contributed by atoms with Crippen LogP contribution in [0.2, 0.25) is 0 Å². The zero-order valence-corrected chi connectivity index (χ0v) is 4.39. The number of carbonyl (C=O) groups is 1. The lowest BCUT2D eigenvalue weighted by Crippen LogP contribution is -2.08. The Labute approximate surface area is 47.8 Å². The quantitative estimate of drug-likeness (QED) is 0.378. The fraction of sp³-hybridized carbons (Fsp3) is 0.500. The van der Waals surface area contributed by atoms with E-state index < -0.39 is 5.60 Å². The summed E-state index contributed by atoms with van der Waals surface area (Å²) in [6.07, 6.45) is 6.66. The Hall–Kier alpha value is -0.970. The molecule has 1 saturated carbocycles. The maximum Gasteiger partial charge on any atom is 0.294 e. The van der Waals surface area contributed by atoms with Crippen LogP contribution in [0.25, 0.3) is 0 Å². The van der Waals surface area contributed by atoms with Crippen molar-refractivity contribution in [2.45, 2.75) is 18.4 Å². The van der Waals surface area contributed by atoms with Crippen molar-refractivity contribution in [3.63, 3.8) is 0 Å².